The highest BCUT2D eigenvalue weighted by Crippen LogP contribution is 2.21. The van der Waals surface area contributed by atoms with Crippen LogP contribution in [0.2, 0.25) is 0 Å². The highest BCUT2D eigenvalue weighted by atomic mass is 16.1. The molecule has 0 bridgehead atoms. The van der Waals surface area contributed by atoms with E-state index in [9.17, 15) is 4.79 Å². The quantitative estimate of drug-likeness (QED) is 0.933. The number of hydrogen-bond acceptors (Lipinski definition) is 4. The fourth-order valence-electron chi connectivity index (χ4n) is 3.33. The van der Waals surface area contributed by atoms with Crippen molar-refractivity contribution in [2.45, 2.75) is 45.2 Å². The summed E-state index contributed by atoms with van der Waals surface area (Å²) >= 11 is 0. The van der Waals surface area contributed by atoms with Crippen LogP contribution < -0.4 is 11.3 Å². The van der Waals surface area contributed by atoms with Gasteiger partial charge in [-0.05, 0) is 50.9 Å². The van der Waals surface area contributed by atoms with Crippen LogP contribution in [-0.2, 0) is 6.54 Å². The number of piperidine rings is 1. The van der Waals surface area contributed by atoms with Crippen LogP contribution in [0.3, 0.4) is 0 Å². The molecule has 0 radical (unpaired) electrons. The van der Waals surface area contributed by atoms with Gasteiger partial charge in [-0.25, -0.2) is 4.98 Å². The highest BCUT2D eigenvalue weighted by Gasteiger charge is 2.22. The number of nitrogens with zero attached hydrogens (tertiary/aromatic N) is 3. The summed E-state index contributed by atoms with van der Waals surface area (Å²) in [6.07, 6.45) is 6.54. The molecule has 2 aromatic rings. The van der Waals surface area contributed by atoms with Crippen molar-refractivity contribution in [3.8, 4) is 0 Å². The van der Waals surface area contributed by atoms with E-state index in [1.54, 1.807) is 10.5 Å². The molecular formula is C17H24N4O. The molecule has 3 heterocycles. The van der Waals surface area contributed by atoms with Gasteiger partial charge in [-0.2, -0.15) is 0 Å². The van der Waals surface area contributed by atoms with Crippen molar-refractivity contribution >= 4 is 5.65 Å². The molecule has 2 N–H and O–H groups in total. The van der Waals surface area contributed by atoms with Gasteiger partial charge in [0.05, 0.1) is 5.69 Å². The Morgan fingerprint density at radius 1 is 1.36 bits per heavy atom. The Morgan fingerprint density at radius 3 is 3.05 bits per heavy atom. The van der Waals surface area contributed by atoms with Crippen molar-refractivity contribution < 1.29 is 0 Å². The smallest absolute Gasteiger partial charge is 0.258 e. The van der Waals surface area contributed by atoms with Gasteiger partial charge in [-0.15, -0.1) is 0 Å². The molecule has 0 spiro atoms. The predicted octanol–water partition coefficient (Wildman–Crippen LogP) is 1.71. The van der Waals surface area contributed by atoms with Crippen LogP contribution in [-0.4, -0.2) is 33.4 Å². The molecule has 5 nitrogen and oxygen atoms in total. The summed E-state index contributed by atoms with van der Waals surface area (Å²) in [7, 11) is 0. The summed E-state index contributed by atoms with van der Waals surface area (Å²) in [5, 5.41) is 0. The first-order valence-electron chi connectivity index (χ1n) is 8.10. The Labute approximate surface area is 130 Å². The third-order valence-corrected chi connectivity index (χ3v) is 4.47. The molecule has 5 heteroatoms. The number of hydrogen-bond donors (Lipinski definition) is 1. The third kappa shape index (κ3) is 3.20. The molecule has 118 valence electrons. The van der Waals surface area contributed by atoms with Crippen molar-refractivity contribution in [3.63, 3.8) is 0 Å². The van der Waals surface area contributed by atoms with Crippen molar-refractivity contribution in [2.75, 3.05) is 13.1 Å². The van der Waals surface area contributed by atoms with Gasteiger partial charge >= 0.3 is 0 Å². The minimum absolute atomic E-state index is 0.00363. The molecule has 0 saturated carbocycles. The second-order valence-corrected chi connectivity index (χ2v) is 6.22. The summed E-state index contributed by atoms with van der Waals surface area (Å²) < 4.78 is 1.62. The molecule has 0 amide bonds. The van der Waals surface area contributed by atoms with Crippen LogP contribution in [0.25, 0.3) is 5.65 Å². The van der Waals surface area contributed by atoms with Crippen molar-refractivity contribution in [1.29, 1.82) is 0 Å². The maximum absolute atomic E-state index is 12.3. The molecule has 1 saturated heterocycles. The van der Waals surface area contributed by atoms with Crippen LogP contribution in [0, 0.1) is 6.92 Å². The van der Waals surface area contributed by atoms with Gasteiger partial charge < -0.3 is 5.73 Å². The number of pyridine rings is 1. The largest absolute Gasteiger partial charge is 0.330 e. The van der Waals surface area contributed by atoms with Gasteiger partial charge in [0.15, 0.2) is 0 Å². The molecular weight excluding hydrogens is 276 g/mol. The molecule has 0 aliphatic carbocycles. The van der Waals surface area contributed by atoms with E-state index in [0.717, 1.165) is 36.4 Å². The van der Waals surface area contributed by atoms with Crippen molar-refractivity contribution in [2.24, 2.45) is 5.73 Å². The fourth-order valence-corrected chi connectivity index (χ4v) is 3.33. The normalized spacial score (nSPS) is 19.6. The summed E-state index contributed by atoms with van der Waals surface area (Å²) in [6.45, 7) is 4.50. The van der Waals surface area contributed by atoms with E-state index >= 15 is 0 Å². The maximum atomic E-state index is 12.3. The average Bonchev–Trinajstić information content (AvgIpc) is 2.50. The Bertz CT molecular complexity index is 707. The van der Waals surface area contributed by atoms with Crippen molar-refractivity contribution in [1.82, 2.24) is 14.3 Å². The number of fused-ring (bicyclic) bond motifs is 1. The summed E-state index contributed by atoms with van der Waals surface area (Å²) in [4.78, 5) is 19.4. The lowest BCUT2D eigenvalue weighted by Crippen LogP contribution is -2.40. The predicted molar refractivity (Wildman–Crippen MR) is 87.9 cm³/mol. The van der Waals surface area contributed by atoms with Gasteiger partial charge in [-0.1, -0.05) is 12.5 Å². The highest BCUT2D eigenvalue weighted by molar-refractivity contribution is 5.39. The molecule has 1 aliphatic rings. The van der Waals surface area contributed by atoms with E-state index < -0.39 is 0 Å². The van der Waals surface area contributed by atoms with E-state index in [4.69, 9.17) is 5.73 Å². The SMILES string of the molecule is Cc1ccc2nc(CN3CCCCC3CCN)cc(=O)n2c1. The number of likely N-dealkylation sites (tertiary alicyclic amines) is 1. The maximum Gasteiger partial charge on any atom is 0.258 e. The Kier molecular flexibility index (Phi) is 4.55. The van der Waals surface area contributed by atoms with Gasteiger partial charge in [0.2, 0.25) is 0 Å². The molecule has 1 fully saturated rings. The lowest BCUT2D eigenvalue weighted by Gasteiger charge is -2.35. The van der Waals surface area contributed by atoms with E-state index in [1.165, 1.54) is 19.3 Å². The van der Waals surface area contributed by atoms with Gasteiger partial charge in [0, 0.05) is 24.8 Å². The van der Waals surface area contributed by atoms with Crippen molar-refractivity contribution in [3.05, 3.63) is 46.0 Å². The first kappa shape index (κ1) is 15.2. The van der Waals surface area contributed by atoms with Crippen LogP contribution in [0.4, 0.5) is 0 Å². The monoisotopic (exact) mass is 300 g/mol. The average molecular weight is 300 g/mol. The zero-order valence-electron chi connectivity index (χ0n) is 13.2. The minimum atomic E-state index is -0.00363. The number of aryl methyl sites for hydroxylation is 1. The first-order chi connectivity index (χ1) is 10.7. The van der Waals surface area contributed by atoms with Crippen LogP contribution in [0.5, 0.6) is 0 Å². The van der Waals surface area contributed by atoms with Gasteiger partial charge in [0.1, 0.15) is 5.65 Å². The second-order valence-electron chi connectivity index (χ2n) is 6.22. The van der Waals surface area contributed by atoms with E-state index in [0.29, 0.717) is 12.6 Å². The summed E-state index contributed by atoms with van der Waals surface area (Å²) in [5.74, 6) is 0. The standard InChI is InChI=1S/C17H24N4O/c1-13-5-6-16-19-14(10-17(22)21(16)11-13)12-20-9-3-2-4-15(20)7-8-18/h5-6,10-11,15H,2-4,7-9,12,18H2,1H3. The van der Waals surface area contributed by atoms with Gasteiger partial charge in [-0.3, -0.25) is 14.1 Å². The zero-order valence-corrected chi connectivity index (χ0v) is 13.2. The molecule has 2 aromatic heterocycles. The molecule has 3 rings (SSSR count). The van der Waals surface area contributed by atoms with Crippen LogP contribution in [0.1, 0.15) is 36.9 Å². The summed E-state index contributed by atoms with van der Waals surface area (Å²) in [6, 6.07) is 6.09. The van der Waals surface area contributed by atoms with E-state index in [2.05, 4.69) is 9.88 Å². The lowest BCUT2D eigenvalue weighted by atomic mass is 9.99. The molecule has 1 atom stereocenters. The summed E-state index contributed by atoms with van der Waals surface area (Å²) in [5.41, 5.74) is 8.37. The number of rotatable bonds is 4. The van der Waals surface area contributed by atoms with E-state index in [1.807, 2.05) is 25.3 Å². The Balaban J connectivity index is 1.87. The van der Waals surface area contributed by atoms with E-state index in [-0.39, 0.29) is 5.56 Å². The molecule has 1 unspecified atom stereocenters. The number of aromatic nitrogens is 2. The molecule has 1 aliphatic heterocycles. The third-order valence-electron chi connectivity index (χ3n) is 4.47. The fraction of sp³-hybridized carbons (Fsp3) is 0.529. The molecule has 22 heavy (non-hydrogen) atoms. The Morgan fingerprint density at radius 2 is 2.23 bits per heavy atom. The minimum Gasteiger partial charge on any atom is -0.330 e. The molecule has 0 aromatic carbocycles. The second kappa shape index (κ2) is 6.58. The van der Waals surface area contributed by atoms with Gasteiger partial charge in [0.25, 0.3) is 5.56 Å². The zero-order chi connectivity index (χ0) is 15.5. The van der Waals surface area contributed by atoms with Crippen LogP contribution in [0.15, 0.2) is 29.2 Å². The van der Waals surface area contributed by atoms with Crippen LogP contribution >= 0.6 is 0 Å². The topological polar surface area (TPSA) is 63.6 Å². The number of nitrogens with two attached hydrogens (primary N) is 1. The first-order valence-corrected chi connectivity index (χ1v) is 8.10. The Hall–Kier alpha value is -1.72. The lowest BCUT2D eigenvalue weighted by molar-refractivity contribution is 0.132.